The average molecular weight is 251 g/mol. The Morgan fingerprint density at radius 1 is 0.895 bits per heavy atom. The van der Waals surface area contributed by atoms with Crippen molar-refractivity contribution < 1.29 is 4.42 Å². The molecule has 3 rings (SSSR count). The summed E-state index contributed by atoms with van der Waals surface area (Å²) in [5, 5.41) is 1.20. The van der Waals surface area contributed by atoms with Crippen LogP contribution in [0.5, 0.6) is 0 Å². The summed E-state index contributed by atoms with van der Waals surface area (Å²) >= 11 is 0. The summed E-state index contributed by atoms with van der Waals surface area (Å²) in [6.45, 7) is 0. The maximum atomic E-state index is 5.61. The van der Waals surface area contributed by atoms with E-state index in [2.05, 4.69) is 55.4 Å². The minimum Gasteiger partial charge on any atom is -0.464 e. The Bertz CT molecular complexity index is 697. The van der Waals surface area contributed by atoms with Crippen molar-refractivity contribution in [3.63, 3.8) is 0 Å². The van der Waals surface area contributed by atoms with Crippen LogP contribution in [0.1, 0.15) is 11.1 Å². The molecule has 96 valence electrons. The number of nitrogens with zero attached hydrogens (tertiary/aromatic N) is 1. The lowest BCUT2D eigenvalue weighted by molar-refractivity contribution is 0.611. The molecule has 0 atom stereocenters. The lowest BCUT2D eigenvalue weighted by atomic mass is 10.0. The fourth-order valence-corrected chi connectivity index (χ4v) is 2.47. The number of hydrogen-bond donors (Lipinski definition) is 0. The topological polar surface area (TPSA) is 16.4 Å². The molecule has 0 aliphatic heterocycles. The zero-order valence-corrected chi connectivity index (χ0v) is 11.3. The van der Waals surface area contributed by atoms with Crippen LogP contribution in [0.3, 0.4) is 0 Å². The normalized spacial score (nSPS) is 10.8. The number of furan rings is 1. The van der Waals surface area contributed by atoms with Crippen molar-refractivity contribution in [1.29, 1.82) is 0 Å². The number of rotatable bonds is 3. The van der Waals surface area contributed by atoms with Gasteiger partial charge in [-0.3, -0.25) is 0 Å². The van der Waals surface area contributed by atoms with Gasteiger partial charge >= 0.3 is 0 Å². The van der Waals surface area contributed by atoms with Gasteiger partial charge < -0.3 is 9.32 Å². The molecule has 2 nitrogen and oxygen atoms in total. The van der Waals surface area contributed by atoms with E-state index in [1.54, 1.807) is 0 Å². The summed E-state index contributed by atoms with van der Waals surface area (Å²) in [7, 11) is 4.15. The highest BCUT2D eigenvalue weighted by Crippen LogP contribution is 2.26. The molecule has 2 aromatic carbocycles. The second-order valence-electron chi connectivity index (χ2n) is 4.96. The molecule has 3 aromatic rings. The molecule has 0 aliphatic rings. The van der Waals surface area contributed by atoms with Gasteiger partial charge in [-0.1, -0.05) is 36.4 Å². The smallest absolute Gasteiger partial charge is 0.134 e. The Hall–Kier alpha value is -2.22. The summed E-state index contributed by atoms with van der Waals surface area (Å²) in [4.78, 5) is 2.15. The van der Waals surface area contributed by atoms with Crippen LogP contribution in [0.15, 0.2) is 59.2 Å². The maximum absolute atomic E-state index is 5.61. The van der Waals surface area contributed by atoms with Gasteiger partial charge in [0.2, 0.25) is 0 Å². The molecule has 19 heavy (non-hydrogen) atoms. The predicted molar refractivity (Wildman–Crippen MR) is 79.8 cm³/mol. The Kier molecular flexibility index (Phi) is 3.00. The third-order valence-electron chi connectivity index (χ3n) is 3.42. The van der Waals surface area contributed by atoms with Gasteiger partial charge in [0.25, 0.3) is 0 Å². The van der Waals surface area contributed by atoms with Crippen LogP contribution in [0.2, 0.25) is 0 Å². The zero-order valence-electron chi connectivity index (χ0n) is 11.3. The van der Waals surface area contributed by atoms with Gasteiger partial charge in [-0.2, -0.15) is 0 Å². The number of hydrogen-bond acceptors (Lipinski definition) is 2. The van der Waals surface area contributed by atoms with Crippen LogP contribution < -0.4 is 4.90 Å². The molecule has 0 unspecified atom stereocenters. The van der Waals surface area contributed by atoms with E-state index in [0.29, 0.717) is 0 Å². The first-order valence-corrected chi connectivity index (χ1v) is 6.46. The predicted octanol–water partition coefficient (Wildman–Crippen LogP) is 4.09. The Labute approximate surface area is 113 Å². The van der Waals surface area contributed by atoms with Gasteiger partial charge in [-0.15, -0.1) is 0 Å². The van der Waals surface area contributed by atoms with Crippen molar-refractivity contribution >= 4 is 16.7 Å². The van der Waals surface area contributed by atoms with Crippen molar-refractivity contribution in [3.05, 3.63) is 65.9 Å². The summed E-state index contributed by atoms with van der Waals surface area (Å²) in [6.07, 6.45) is 2.77. The molecule has 0 aliphatic carbocycles. The molecule has 0 radical (unpaired) electrons. The highest BCUT2D eigenvalue weighted by Gasteiger charge is 2.09. The quantitative estimate of drug-likeness (QED) is 0.697. The first-order valence-electron chi connectivity index (χ1n) is 6.46. The van der Waals surface area contributed by atoms with Crippen molar-refractivity contribution in [3.8, 4) is 0 Å². The van der Waals surface area contributed by atoms with Gasteiger partial charge in [-0.05, 0) is 17.7 Å². The lowest BCUT2D eigenvalue weighted by Gasteiger charge is -2.16. The van der Waals surface area contributed by atoms with Gasteiger partial charge in [-0.25, -0.2) is 0 Å². The van der Waals surface area contributed by atoms with Gasteiger partial charge in [0.05, 0.1) is 6.26 Å². The standard InChI is InChI=1S/C17H17NO/c1-18(2)16-9-5-3-7-13(16)11-14-12-19-17-10-6-4-8-15(14)17/h3-10,12H,11H2,1-2H3. The molecule has 0 fully saturated rings. The average Bonchev–Trinajstić information content (AvgIpc) is 2.83. The van der Waals surface area contributed by atoms with Crippen molar-refractivity contribution in [2.24, 2.45) is 0 Å². The number of anilines is 1. The fourth-order valence-electron chi connectivity index (χ4n) is 2.47. The second kappa shape index (κ2) is 4.81. The molecule has 0 N–H and O–H groups in total. The molecule has 1 heterocycles. The molecule has 2 heteroatoms. The highest BCUT2D eigenvalue weighted by molar-refractivity contribution is 5.81. The summed E-state index contributed by atoms with van der Waals surface area (Å²) < 4.78 is 5.61. The summed E-state index contributed by atoms with van der Waals surface area (Å²) in [5.41, 5.74) is 4.77. The van der Waals surface area contributed by atoms with E-state index in [9.17, 15) is 0 Å². The van der Waals surface area contributed by atoms with E-state index in [-0.39, 0.29) is 0 Å². The maximum Gasteiger partial charge on any atom is 0.134 e. The SMILES string of the molecule is CN(C)c1ccccc1Cc1coc2ccccc12. The molecule has 0 bridgehead atoms. The van der Waals surface area contributed by atoms with Crippen LogP contribution in [0.25, 0.3) is 11.0 Å². The van der Waals surface area contributed by atoms with Crippen LogP contribution in [-0.4, -0.2) is 14.1 Å². The van der Waals surface area contributed by atoms with Crippen molar-refractivity contribution in [2.75, 3.05) is 19.0 Å². The van der Waals surface area contributed by atoms with E-state index in [4.69, 9.17) is 4.42 Å². The van der Waals surface area contributed by atoms with Gasteiger partial charge in [0.15, 0.2) is 0 Å². The van der Waals surface area contributed by atoms with Crippen LogP contribution in [-0.2, 0) is 6.42 Å². The van der Waals surface area contributed by atoms with Crippen LogP contribution in [0.4, 0.5) is 5.69 Å². The van der Waals surface area contributed by atoms with E-state index in [1.165, 1.54) is 22.2 Å². The Morgan fingerprint density at radius 3 is 2.47 bits per heavy atom. The summed E-state index contributed by atoms with van der Waals surface area (Å²) in [6, 6.07) is 16.7. The van der Waals surface area contributed by atoms with Crippen LogP contribution >= 0.6 is 0 Å². The number of benzene rings is 2. The number of para-hydroxylation sites is 2. The summed E-state index contributed by atoms with van der Waals surface area (Å²) in [5.74, 6) is 0. The lowest BCUT2D eigenvalue weighted by Crippen LogP contribution is -2.11. The molecule has 0 spiro atoms. The van der Waals surface area contributed by atoms with Gasteiger partial charge in [0.1, 0.15) is 5.58 Å². The number of fused-ring (bicyclic) bond motifs is 1. The van der Waals surface area contributed by atoms with E-state index >= 15 is 0 Å². The second-order valence-corrected chi connectivity index (χ2v) is 4.96. The Balaban J connectivity index is 2.02. The zero-order chi connectivity index (χ0) is 13.2. The molecular weight excluding hydrogens is 234 g/mol. The first-order chi connectivity index (χ1) is 9.25. The molecule has 1 aromatic heterocycles. The Morgan fingerprint density at radius 2 is 1.63 bits per heavy atom. The largest absolute Gasteiger partial charge is 0.464 e. The fraction of sp³-hybridized carbons (Fsp3) is 0.176. The molecular formula is C17H17NO. The van der Waals surface area contributed by atoms with E-state index in [1.807, 2.05) is 18.4 Å². The molecule has 0 saturated heterocycles. The van der Waals surface area contributed by atoms with Crippen LogP contribution in [0, 0.1) is 0 Å². The molecule has 0 amide bonds. The third kappa shape index (κ3) is 2.22. The van der Waals surface area contributed by atoms with Gasteiger partial charge in [0, 0.05) is 37.2 Å². The first kappa shape index (κ1) is 11.8. The van der Waals surface area contributed by atoms with Crippen molar-refractivity contribution in [1.82, 2.24) is 0 Å². The third-order valence-corrected chi connectivity index (χ3v) is 3.42. The minimum absolute atomic E-state index is 0.894. The van der Waals surface area contributed by atoms with E-state index < -0.39 is 0 Å². The minimum atomic E-state index is 0.894. The molecule has 0 saturated carbocycles. The van der Waals surface area contributed by atoms with E-state index in [0.717, 1.165) is 12.0 Å². The monoisotopic (exact) mass is 251 g/mol. The highest BCUT2D eigenvalue weighted by atomic mass is 16.3. The van der Waals surface area contributed by atoms with Crippen molar-refractivity contribution in [2.45, 2.75) is 6.42 Å².